The summed E-state index contributed by atoms with van der Waals surface area (Å²) in [6, 6.07) is 11.7. The zero-order valence-corrected chi connectivity index (χ0v) is 6.88. The molecule has 0 aliphatic heterocycles. The second-order valence-corrected chi connectivity index (χ2v) is 2.61. The number of rotatable bonds is 1. The van der Waals surface area contributed by atoms with E-state index in [9.17, 15) is 0 Å². The molecule has 1 heterocycles. The summed E-state index contributed by atoms with van der Waals surface area (Å²) >= 11 is 0. The zero-order chi connectivity index (χ0) is 9.10. The molecule has 0 N–H and O–H groups in total. The molecule has 3 nitrogen and oxygen atoms in total. The van der Waals surface area contributed by atoms with Crippen molar-refractivity contribution in [2.24, 2.45) is 0 Å². The van der Waals surface area contributed by atoms with Crippen LogP contribution in [-0.2, 0) is 0 Å². The summed E-state index contributed by atoms with van der Waals surface area (Å²) in [5, 5.41) is 8.57. The first-order valence-corrected chi connectivity index (χ1v) is 3.89. The molecule has 1 aromatic carbocycles. The minimum Gasteiger partial charge on any atom is -0.305 e. The average Bonchev–Trinajstić information content (AvgIpc) is 2.67. The van der Waals surface area contributed by atoms with Crippen molar-refractivity contribution in [3.8, 4) is 11.8 Å². The van der Waals surface area contributed by atoms with Gasteiger partial charge in [-0.15, -0.1) is 0 Å². The number of hydrogen-bond acceptors (Lipinski definition) is 2. The fourth-order valence-electron chi connectivity index (χ4n) is 1.12. The summed E-state index contributed by atoms with van der Waals surface area (Å²) in [7, 11) is 0. The minimum absolute atomic E-state index is 0.434. The highest BCUT2D eigenvalue weighted by molar-refractivity contribution is 5.33. The third-order valence-electron chi connectivity index (χ3n) is 1.75. The van der Waals surface area contributed by atoms with Gasteiger partial charge in [0.1, 0.15) is 12.4 Å². The molecule has 3 heteroatoms. The summed E-state index contributed by atoms with van der Waals surface area (Å²) < 4.78 is 1.82. The molecule has 0 unspecified atom stereocenters. The van der Waals surface area contributed by atoms with E-state index in [1.54, 1.807) is 12.5 Å². The highest BCUT2D eigenvalue weighted by Crippen LogP contribution is 2.06. The first-order valence-electron chi connectivity index (χ1n) is 3.89. The van der Waals surface area contributed by atoms with Crippen LogP contribution in [0.2, 0.25) is 0 Å². The molecule has 0 radical (unpaired) electrons. The van der Waals surface area contributed by atoms with E-state index in [-0.39, 0.29) is 0 Å². The van der Waals surface area contributed by atoms with Gasteiger partial charge >= 0.3 is 0 Å². The number of nitrogens with zero attached hydrogens (tertiary/aromatic N) is 3. The van der Waals surface area contributed by atoms with Crippen molar-refractivity contribution in [2.75, 3.05) is 0 Å². The molecular weight excluding hydrogens is 162 g/mol. The summed E-state index contributed by atoms with van der Waals surface area (Å²) in [6.45, 7) is 0. The number of para-hydroxylation sites is 1. The van der Waals surface area contributed by atoms with Gasteiger partial charge in [-0.1, -0.05) is 18.2 Å². The third kappa shape index (κ3) is 1.42. The Morgan fingerprint density at radius 3 is 2.62 bits per heavy atom. The number of benzene rings is 1. The van der Waals surface area contributed by atoms with Crippen LogP contribution in [0.25, 0.3) is 5.69 Å². The standard InChI is InChI=1S/C10H7N3/c11-6-9-7-13(8-12-9)10-4-2-1-3-5-10/h1-5,7-8H. The first-order chi connectivity index (χ1) is 6.40. The summed E-state index contributed by atoms with van der Waals surface area (Å²) in [5.41, 5.74) is 1.44. The Morgan fingerprint density at radius 1 is 1.23 bits per heavy atom. The molecule has 62 valence electrons. The van der Waals surface area contributed by atoms with Crippen molar-refractivity contribution in [1.29, 1.82) is 5.26 Å². The second kappa shape index (κ2) is 3.11. The van der Waals surface area contributed by atoms with E-state index in [1.165, 1.54) is 0 Å². The second-order valence-electron chi connectivity index (χ2n) is 2.61. The van der Waals surface area contributed by atoms with Crippen LogP contribution < -0.4 is 0 Å². The van der Waals surface area contributed by atoms with E-state index in [0.29, 0.717) is 5.69 Å². The Hall–Kier alpha value is -2.08. The molecule has 13 heavy (non-hydrogen) atoms. The Bertz CT molecular complexity index is 437. The highest BCUT2D eigenvalue weighted by Gasteiger charge is 1.97. The predicted octanol–water partition coefficient (Wildman–Crippen LogP) is 1.74. The van der Waals surface area contributed by atoms with Crippen LogP contribution in [-0.4, -0.2) is 9.55 Å². The number of aromatic nitrogens is 2. The smallest absolute Gasteiger partial charge is 0.158 e. The lowest BCUT2D eigenvalue weighted by Gasteiger charge is -1.98. The molecule has 0 amide bonds. The van der Waals surface area contributed by atoms with Crippen LogP contribution in [0.4, 0.5) is 0 Å². The van der Waals surface area contributed by atoms with Gasteiger partial charge in [0, 0.05) is 11.9 Å². The Morgan fingerprint density at radius 2 is 2.00 bits per heavy atom. The van der Waals surface area contributed by atoms with Gasteiger partial charge in [0.15, 0.2) is 5.69 Å². The molecule has 0 spiro atoms. The molecule has 0 saturated carbocycles. The quantitative estimate of drug-likeness (QED) is 0.652. The predicted molar refractivity (Wildman–Crippen MR) is 48.3 cm³/mol. The van der Waals surface area contributed by atoms with Crippen LogP contribution >= 0.6 is 0 Å². The first kappa shape index (κ1) is 7.56. The van der Waals surface area contributed by atoms with Crippen LogP contribution in [0, 0.1) is 11.3 Å². The maximum atomic E-state index is 8.57. The molecule has 2 aromatic rings. The molecule has 0 saturated heterocycles. The van der Waals surface area contributed by atoms with Gasteiger partial charge < -0.3 is 4.57 Å². The Labute approximate surface area is 75.9 Å². The number of imidazole rings is 1. The fraction of sp³-hybridized carbons (Fsp3) is 0. The highest BCUT2D eigenvalue weighted by atomic mass is 15.0. The molecule has 0 atom stereocenters. The van der Waals surface area contributed by atoms with Crippen molar-refractivity contribution in [1.82, 2.24) is 9.55 Å². The number of hydrogen-bond donors (Lipinski definition) is 0. The molecule has 0 aliphatic carbocycles. The molecule has 2 rings (SSSR count). The van der Waals surface area contributed by atoms with Crippen molar-refractivity contribution >= 4 is 0 Å². The lowest BCUT2D eigenvalue weighted by molar-refractivity contribution is 1.06. The maximum absolute atomic E-state index is 8.57. The lowest BCUT2D eigenvalue weighted by Crippen LogP contribution is -1.87. The van der Waals surface area contributed by atoms with Gasteiger partial charge in [0.05, 0.1) is 0 Å². The largest absolute Gasteiger partial charge is 0.305 e. The SMILES string of the molecule is N#Cc1cn(-c2ccccc2)cn1. The molecule has 0 bridgehead atoms. The Kier molecular flexibility index (Phi) is 1.81. The van der Waals surface area contributed by atoms with Gasteiger partial charge in [-0.2, -0.15) is 5.26 Å². The molecule has 0 aliphatic rings. The topological polar surface area (TPSA) is 41.6 Å². The van der Waals surface area contributed by atoms with Crippen molar-refractivity contribution in [2.45, 2.75) is 0 Å². The van der Waals surface area contributed by atoms with E-state index >= 15 is 0 Å². The van der Waals surface area contributed by atoms with Gasteiger partial charge in [0.2, 0.25) is 0 Å². The summed E-state index contributed by atoms with van der Waals surface area (Å²) in [6.07, 6.45) is 3.34. The van der Waals surface area contributed by atoms with E-state index in [4.69, 9.17) is 5.26 Å². The molecule has 0 fully saturated rings. The third-order valence-corrected chi connectivity index (χ3v) is 1.75. The van der Waals surface area contributed by atoms with Gasteiger partial charge in [-0.3, -0.25) is 0 Å². The molecular formula is C10H7N3. The van der Waals surface area contributed by atoms with Crippen molar-refractivity contribution < 1.29 is 0 Å². The zero-order valence-electron chi connectivity index (χ0n) is 6.88. The van der Waals surface area contributed by atoms with Crippen LogP contribution in [0.3, 0.4) is 0 Å². The maximum Gasteiger partial charge on any atom is 0.158 e. The normalized spacial score (nSPS) is 9.46. The van der Waals surface area contributed by atoms with Gasteiger partial charge in [0.25, 0.3) is 0 Å². The van der Waals surface area contributed by atoms with Crippen LogP contribution in [0.5, 0.6) is 0 Å². The summed E-state index contributed by atoms with van der Waals surface area (Å²) in [4.78, 5) is 3.91. The monoisotopic (exact) mass is 169 g/mol. The Balaban J connectivity index is 2.43. The number of nitriles is 1. The van der Waals surface area contributed by atoms with E-state index < -0.39 is 0 Å². The van der Waals surface area contributed by atoms with Crippen LogP contribution in [0.1, 0.15) is 5.69 Å². The van der Waals surface area contributed by atoms with Crippen LogP contribution in [0.15, 0.2) is 42.9 Å². The van der Waals surface area contributed by atoms with Crippen molar-refractivity contribution in [3.63, 3.8) is 0 Å². The lowest BCUT2D eigenvalue weighted by atomic mass is 10.3. The van der Waals surface area contributed by atoms with E-state index in [2.05, 4.69) is 4.98 Å². The summed E-state index contributed by atoms with van der Waals surface area (Å²) in [5.74, 6) is 0. The van der Waals surface area contributed by atoms with E-state index in [1.807, 2.05) is 41.0 Å². The van der Waals surface area contributed by atoms with Gasteiger partial charge in [-0.25, -0.2) is 4.98 Å². The van der Waals surface area contributed by atoms with E-state index in [0.717, 1.165) is 5.69 Å². The minimum atomic E-state index is 0.434. The fourth-order valence-corrected chi connectivity index (χ4v) is 1.12. The average molecular weight is 169 g/mol. The molecule has 1 aromatic heterocycles. The van der Waals surface area contributed by atoms with Crippen molar-refractivity contribution in [3.05, 3.63) is 48.5 Å². The van der Waals surface area contributed by atoms with Gasteiger partial charge in [-0.05, 0) is 12.1 Å².